The van der Waals surface area contributed by atoms with Gasteiger partial charge in [-0.3, -0.25) is 9.48 Å². The lowest BCUT2D eigenvalue weighted by atomic mass is 10.1. The van der Waals surface area contributed by atoms with Crippen LogP contribution in [0.5, 0.6) is 0 Å². The summed E-state index contributed by atoms with van der Waals surface area (Å²) < 4.78 is 7.73. The number of aromatic nitrogens is 2. The fourth-order valence-electron chi connectivity index (χ4n) is 3.12. The molecule has 2 aromatic rings. The van der Waals surface area contributed by atoms with Crippen LogP contribution in [-0.2, 0) is 17.9 Å². The molecule has 0 saturated carbocycles. The van der Waals surface area contributed by atoms with E-state index in [2.05, 4.69) is 21.8 Å². The molecular weight excluding hydrogens is 340 g/mol. The third-order valence-corrected chi connectivity index (χ3v) is 4.60. The SMILES string of the molecule is CC(C)(C)OCc1cccc(CNC(=O)c2ccn(C3CCCNC3)n2)c1. The normalized spacial score (nSPS) is 17.7. The second kappa shape index (κ2) is 8.67. The van der Waals surface area contributed by atoms with E-state index in [0.29, 0.717) is 24.9 Å². The van der Waals surface area contributed by atoms with Gasteiger partial charge >= 0.3 is 0 Å². The van der Waals surface area contributed by atoms with Gasteiger partial charge in [0.1, 0.15) is 5.69 Å². The lowest BCUT2D eigenvalue weighted by Gasteiger charge is -2.22. The van der Waals surface area contributed by atoms with Crippen LogP contribution in [0.4, 0.5) is 0 Å². The Hall–Kier alpha value is -2.18. The Morgan fingerprint density at radius 3 is 2.89 bits per heavy atom. The van der Waals surface area contributed by atoms with Gasteiger partial charge in [0.25, 0.3) is 5.91 Å². The number of rotatable bonds is 6. The minimum Gasteiger partial charge on any atom is -0.371 e. The van der Waals surface area contributed by atoms with Crippen molar-refractivity contribution >= 4 is 5.91 Å². The van der Waals surface area contributed by atoms with E-state index in [1.807, 2.05) is 49.8 Å². The number of hydrogen-bond acceptors (Lipinski definition) is 4. The highest BCUT2D eigenvalue weighted by Crippen LogP contribution is 2.16. The van der Waals surface area contributed by atoms with Gasteiger partial charge in [-0.2, -0.15) is 5.10 Å². The maximum Gasteiger partial charge on any atom is 0.272 e. The van der Waals surface area contributed by atoms with Crippen molar-refractivity contribution in [3.05, 3.63) is 53.3 Å². The first kappa shape index (κ1) is 19.6. The van der Waals surface area contributed by atoms with Crippen LogP contribution in [0.25, 0.3) is 0 Å². The predicted octanol–water partition coefficient (Wildman–Crippen LogP) is 3.05. The number of amides is 1. The minimum absolute atomic E-state index is 0.145. The van der Waals surface area contributed by atoms with Gasteiger partial charge in [0, 0.05) is 19.3 Å². The van der Waals surface area contributed by atoms with E-state index < -0.39 is 0 Å². The molecule has 2 N–H and O–H groups in total. The van der Waals surface area contributed by atoms with Crippen LogP contribution in [0, 0.1) is 0 Å². The highest BCUT2D eigenvalue weighted by Gasteiger charge is 2.17. The minimum atomic E-state index is -0.170. The maximum atomic E-state index is 12.4. The van der Waals surface area contributed by atoms with Crippen LogP contribution >= 0.6 is 0 Å². The molecule has 1 saturated heterocycles. The first-order valence-electron chi connectivity index (χ1n) is 9.66. The molecule has 1 atom stereocenters. The number of carbonyl (C=O) groups excluding carboxylic acids is 1. The number of piperidine rings is 1. The molecule has 1 fully saturated rings. The summed E-state index contributed by atoms with van der Waals surface area (Å²) in [6.45, 7) is 9.13. The molecule has 1 aromatic heterocycles. The average Bonchev–Trinajstić information content (AvgIpc) is 3.15. The van der Waals surface area contributed by atoms with E-state index in [-0.39, 0.29) is 11.5 Å². The topological polar surface area (TPSA) is 68.2 Å². The summed E-state index contributed by atoms with van der Waals surface area (Å²) in [7, 11) is 0. The number of carbonyl (C=O) groups is 1. The smallest absolute Gasteiger partial charge is 0.272 e. The Morgan fingerprint density at radius 2 is 2.15 bits per heavy atom. The standard InChI is InChI=1S/C21H30N4O2/c1-21(2,3)27-15-17-7-4-6-16(12-17)13-23-20(26)19-9-11-25(24-19)18-8-5-10-22-14-18/h4,6-7,9,11-12,18,22H,5,8,10,13-15H2,1-3H3,(H,23,26). The fourth-order valence-corrected chi connectivity index (χ4v) is 3.12. The highest BCUT2D eigenvalue weighted by atomic mass is 16.5. The molecule has 1 amide bonds. The van der Waals surface area contributed by atoms with Crippen molar-refractivity contribution in [3.8, 4) is 0 Å². The average molecular weight is 370 g/mol. The zero-order valence-corrected chi connectivity index (χ0v) is 16.5. The van der Waals surface area contributed by atoms with Crippen LogP contribution in [0.15, 0.2) is 36.5 Å². The van der Waals surface area contributed by atoms with E-state index in [9.17, 15) is 4.79 Å². The third-order valence-electron chi connectivity index (χ3n) is 4.60. The highest BCUT2D eigenvalue weighted by molar-refractivity contribution is 5.92. The molecule has 27 heavy (non-hydrogen) atoms. The summed E-state index contributed by atoms with van der Waals surface area (Å²) in [5.74, 6) is -0.145. The first-order chi connectivity index (χ1) is 12.9. The number of hydrogen-bond donors (Lipinski definition) is 2. The molecule has 0 spiro atoms. The quantitative estimate of drug-likeness (QED) is 0.820. The van der Waals surface area contributed by atoms with E-state index in [0.717, 1.165) is 37.1 Å². The molecule has 0 aliphatic carbocycles. The van der Waals surface area contributed by atoms with Gasteiger partial charge in [-0.1, -0.05) is 24.3 Å². The summed E-state index contributed by atoms with van der Waals surface area (Å²) in [5.41, 5.74) is 2.45. The molecule has 146 valence electrons. The predicted molar refractivity (Wildman–Crippen MR) is 106 cm³/mol. The number of benzene rings is 1. The number of nitrogens with one attached hydrogen (secondary N) is 2. The molecule has 6 nitrogen and oxygen atoms in total. The molecular formula is C21H30N4O2. The lowest BCUT2D eigenvalue weighted by Crippen LogP contribution is -2.32. The molecule has 1 aromatic carbocycles. The van der Waals surface area contributed by atoms with Crippen molar-refractivity contribution in [2.75, 3.05) is 13.1 Å². The van der Waals surface area contributed by atoms with E-state index in [4.69, 9.17) is 4.74 Å². The van der Waals surface area contributed by atoms with Crippen molar-refractivity contribution in [2.24, 2.45) is 0 Å². The van der Waals surface area contributed by atoms with Crippen molar-refractivity contribution in [1.29, 1.82) is 0 Å². The molecule has 2 heterocycles. The second-order valence-corrected chi connectivity index (χ2v) is 8.08. The van der Waals surface area contributed by atoms with E-state index >= 15 is 0 Å². The van der Waals surface area contributed by atoms with Gasteiger partial charge in [0.2, 0.25) is 0 Å². The lowest BCUT2D eigenvalue weighted by molar-refractivity contribution is -0.0149. The number of ether oxygens (including phenoxy) is 1. The molecule has 1 aliphatic heterocycles. The van der Waals surface area contributed by atoms with Crippen molar-refractivity contribution in [2.45, 2.75) is 58.4 Å². The van der Waals surface area contributed by atoms with E-state index in [1.54, 1.807) is 6.07 Å². The van der Waals surface area contributed by atoms with Gasteiger partial charge < -0.3 is 15.4 Å². The van der Waals surface area contributed by atoms with Crippen LogP contribution in [-0.4, -0.2) is 34.4 Å². The van der Waals surface area contributed by atoms with Gasteiger partial charge in [-0.15, -0.1) is 0 Å². The molecule has 0 radical (unpaired) electrons. The van der Waals surface area contributed by atoms with Crippen molar-refractivity contribution in [1.82, 2.24) is 20.4 Å². The summed E-state index contributed by atoms with van der Waals surface area (Å²) in [5, 5.41) is 10.8. The summed E-state index contributed by atoms with van der Waals surface area (Å²) in [4.78, 5) is 12.4. The second-order valence-electron chi connectivity index (χ2n) is 8.08. The Morgan fingerprint density at radius 1 is 1.33 bits per heavy atom. The Kier molecular flexibility index (Phi) is 6.29. The van der Waals surface area contributed by atoms with Gasteiger partial charge in [-0.05, 0) is 57.4 Å². The Labute approximate surface area is 161 Å². The monoisotopic (exact) mass is 370 g/mol. The van der Waals surface area contributed by atoms with Crippen molar-refractivity contribution in [3.63, 3.8) is 0 Å². The van der Waals surface area contributed by atoms with Crippen molar-refractivity contribution < 1.29 is 9.53 Å². The Balaban J connectivity index is 1.54. The molecule has 1 aliphatic rings. The van der Waals surface area contributed by atoms with Crippen LogP contribution in [0.1, 0.15) is 61.3 Å². The summed E-state index contributed by atoms with van der Waals surface area (Å²) in [6.07, 6.45) is 4.14. The van der Waals surface area contributed by atoms with E-state index in [1.165, 1.54) is 0 Å². The first-order valence-corrected chi connectivity index (χ1v) is 9.66. The zero-order valence-electron chi connectivity index (χ0n) is 16.5. The maximum absolute atomic E-state index is 12.4. The van der Waals surface area contributed by atoms with Crippen LogP contribution in [0.2, 0.25) is 0 Å². The Bertz CT molecular complexity index is 758. The van der Waals surface area contributed by atoms with Crippen LogP contribution in [0.3, 0.4) is 0 Å². The van der Waals surface area contributed by atoms with Gasteiger partial charge in [0.05, 0.1) is 18.2 Å². The largest absolute Gasteiger partial charge is 0.371 e. The fraction of sp³-hybridized carbons (Fsp3) is 0.524. The summed E-state index contributed by atoms with van der Waals surface area (Å²) >= 11 is 0. The molecule has 6 heteroatoms. The third kappa shape index (κ3) is 5.91. The summed E-state index contributed by atoms with van der Waals surface area (Å²) in [6, 6.07) is 10.2. The van der Waals surface area contributed by atoms with Crippen LogP contribution < -0.4 is 10.6 Å². The number of nitrogens with zero attached hydrogens (tertiary/aromatic N) is 2. The van der Waals surface area contributed by atoms with Gasteiger partial charge in [0.15, 0.2) is 0 Å². The molecule has 0 bridgehead atoms. The molecule has 3 rings (SSSR count). The van der Waals surface area contributed by atoms with Gasteiger partial charge in [-0.25, -0.2) is 0 Å². The zero-order chi connectivity index (χ0) is 19.3. The molecule has 1 unspecified atom stereocenters.